The molecule has 0 saturated carbocycles. The van der Waals surface area contributed by atoms with E-state index in [9.17, 15) is 18.0 Å². The van der Waals surface area contributed by atoms with E-state index in [1.807, 2.05) is 13.8 Å². The van der Waals surface area contributed by atoms with Gasteiger partial charge in [0.15, 0.2) is 11.3 Å². The molecule has 4 heterocycles. The number of hydrogen-bond acceptors (Lipinski definition) is 4. The van der Waals surface area contributed by atoms with Crippen LogP contribution < -0.4 is 0 Å². The number of amides is 1. The van der Waals surface area contributed by atoms with Crippen LogP contribution in [0.4, 0.5) is 13.2 Å². The summed E-state index contributed by atoms with van der Waals surface area (Å²) < 4.78 is 41.7. The Balaban J connectivity index is 1.88. The summed E-state index contributed by atoms with van der Waals surface area (Å²) in [4.78, 5) is 19.9. The highest BCUT2D eigenvalue weighted by Gasteiger charge is 2.37. The highest BCUT2D eigenvalue weighted by atomic mass is 32.1. The van der Waals surface area contributed by atoms with Crippen LogP contribution in [-0.4, -0.2) is 37.5 Å². The molecule has 0 bridgehead atoms. The summed E-state index contributed by atoms with van der Waals surface area (Å²) in [7, 11) is 0. The molecule has 1 aliphatic rings. The second-order valence-electron chi connectivity index (χ2n) is 7.14. The largest absolute Gasteiger partial charge is 0.433 e. The number of thiophene rings is 1. The van der Waals surface area contributed by atoms with Gasteiger partial charge in [0.1, 0.15) is 5.56 Å². The lowest BCUT2D eigenvalue weighted by Crippen LogP contribution is -2.47. The minimum Gasteiger partial charge on any atom is -0.333 e. The van der Waals surface area contributed by atoms with E-state index in [1.165, 1.54) is 17.5 Å². The third kappa shape index (κ3) is 3.17. The van der Waals surface area contributed by atoms with Crippen molar-refractivity contribution < 1.29 is 18.0 Å². The number of carbonyl (C=O) groups is 1. The molecule has 0 unspecified atom stereocenters. The maximum atomic E-state index is 13.6. The van der Waals surface area contributed by atoms with E-state index in [-0.39, 0.29) is 34.9 Å². The molecule has 5 nitrogen and oxygen atoms in total. The number of aromatic nitrogens is 3. The predicted octanol–water partition coefficient (Wildman–Crippen LogP) is 4.88. The second kappa shape index (κ2) is 6.88. The van der Waals surface area contributed by atoms with Crippen molar-refractivity contribution in [2.75, 3.05) is 0 Å². The van der Waals surface area contributed by atoms with Crippen molar-refractivity contribution in [3.8, 4) is 10.6 Å². The fourth-order valence-corrected chi connectivity index (χ4v) is 4.51. The molecule has 148 valence electrons. The van der Waals surface area contributed by atoms with Crippen molar-refractivity contribution in [3.05, 3.63) is 41.0 Å². The Morgan fingerprint density at radius 3 is 2.57 bits per heavy atom. The smallest absolute Gasteiger partial charge is 0.333 e. The predicted molar refractivity (Wildman–Crippen MR) is 100 cm³/mol. The minimum atomic E-state index is -4.62. The lowest BCUT2D eigenvalue weighted by molar-refractivity contribution is -0.142. The number of nitrogens with zero attached hydrogens (tertiary/aromatic N) is 4. The van der Waals surface area contributed by atoms with E-state index < -0.39 is 11.9 Å². The number of likely N-dealkylation sites (tertiary alicyclic amines) is 1. The van der Waals surface area contributed by atoms with Crippen molar-refractivity contribution in [3.63, 3.8) is 0 Å². The first kappa shape index (κ1) is 18.9. The Bertz CT molecular complexity index is 1000. The number of carbonyl (C=O) groups excluding carboxylic acids is 1. The molecule has 4 rings (SSSR count). The Morgan fingerprint density at radius 2 is 1.96 bits per heavy atom. The van der Waals surface area contributed by atoms with Gasteiger partial charge < -0.3 is 4.90 Å². The number of rotatable bonds is 2. The van der Waals surface area contributed by atoms with Crippen molar-refractivity contribution >= 4 is 22.9 Å². The molecular formula is C19H19F3N4OS. The summed E-state index contributed by atoms with van der Waals surface area (Å²) in [5, 5.41) is 5.64. The summed E-state index contributed by atoms with van der Waals surface area (Å²) in [6.07, 6.45) is -0.648. The zero-order chi connectivity index (χ0) is 20.1. The molecule has 3 aromatic rings. The lowest BCUT2D eigenvalue weighted by atomic mass is 9.97. The van der Waals surface area contributed by atoms with E-state index in [0.717, 1.165) is 29.8 Å². The normalized spacial score (nSPS) is 20.7. The van der Waals surface area contributed by atoms with E-state index in [1.54, 1.807) is 22.4 Å². The number of halogens is 3. The number of hydrogen-bond donors (Lipinski definition) is 0. The van der Waals surface area contributed by atoms with Gasteiger partial charge in [-0.2, -0.15) is 18.3 Å². The fraction of sp³-hybridized carbons (Fsp3) is 0.421. The van der Waals surface area contributed by atoms with Crippen LogP contribution in [-0.2, 0) is 6.18 Å². The number of alkyl halides is 3. The van der Waals surface area contributed by atoms with Gasteiger partial charge >= 0.3 is 6.18 Å². The monoisotopic (exact) mass is 408 g/mol. The van der Waals surface area contributed by atoms with Gasteiger partial charge in [-0.25, -0.2) is 9.50 Å². The number of piperidine rings is 1. The molecule has 2 atom stereocenters. The van der Waals surface area contributed by atoms with Gasteiger partial charge in [-0.3, -0.25) is 4.79 Å². The Hall–Kier alpha value is -2.42. The van der Waals surface area contributed by atoms with Crippen LogP contribution in [0, 0.1) is 0 Å². The molecule has 0 aromatic carbocycles. The Morgan fingerprint density at radius 1 is 1.25 bits per heavy atom. The highest BCUT2D eigenvalue weighted by Crippen LogP contribution is 2.34. The third-order valence-electron chi connectivity index (χ3n) is 5.19. The molecule has 1 aliphatic heterocycles. The van der Waals surface area contributed by atoms with E-state index in [0.29, 0.717) is 4.88 Å². The molecule has 1 amide bonds. The Kier molecular flexibility index (Phi) is 4.65. The van der Waals surface area contributed by atoms with Crippen LogP contribution >= 0.6 is 11.3 Å². The maximum Gasteiger partial charge on any atom is 0.433 e. The second-order valence-corrected chi connectivity index (χ2v) is 8.08. The number of fused-ring (bicyclic) bond motifs is 1. The molecule has 0 N–H and O–H groups in total. The molecule has 0 radical (unpaired) electrons. The average Bonchev–Trinajstić information content (AvgIpc) is 3.29. The summed E-state index contributed by atoms with van der Waals surface area (Å²) >= 11 is 1.29. The van der Waals surface area contributed by atoms with Crippen LogP contribution in [0.15, 0.2) is 29.8 Å². The summed E-state index contributed by atoms with van der Waals surface area (Å²) in [5.41, 5.74) is -0.721. The fourth-order valence-electron chi connectivity index (χ4n) is 3.83. The van der Waals surface area contributed by atoms with Gasteiger partial charge in [-0.15, -0.1) is 11.3 Å². The van der Waals surface area contributed by atoms with Gasteiger partial charge in [0.2, 0.25) is 0 Å². The highest BCUT2D eigenvalue weighted by molar-refractivity contribution is 7.13. The van der Waals surface area contributed by atoms with Crippen molar-refractivity contribution in [1.29, 1.82) is 0 Å². The van der Waals surface area contributed by atoms with Gasteiger partial charge in [0, 0.05) is 12.1 Å². The SMILES string of the molecule is C[C@@H]1CCC[C@H](C)N1C(=O)c1cnn2c(C(F)(F)F)cc(-c3cccs3)nc12. The molecule has 28 heavy (non-hydrogen) atoms. The lowest BCUT2D eigenvalue weighted by Gasteiger charge is -2.38. The summed E-state index contributed by atoms with van der Waals surface area (Å²) in [6, 6.07) is 4.48. The van der Waals surface area contributed by atoms with E-state index >= 15 is 0 Å². The zero-order valence-corrected chi connectivity index (χ0v) is 16.2. The first-order chi connectivity index (χ1) is 13.3. The van der Waals surface area contributed by atoms with E-state index in [2.05, 4.69) is 10.1 Å². The first-order valence-electron chi connectivity index (χ1n) is 9.10. The average molecular weight is 408 g/mol. The van der Waals surface area contributed by atoms with Crippen LogP contribution in [0.2, 0.25) is 0 Å². The quantitative estimate of drug-likeness (QED) is 0.607. The molecule has 3 aromatic heterocycles. The van der Waals surface area contributed by atoms with Crippen molar-refractivity contribution in [1.82, 2.24) is 19.5 Å². The van der Waals surface area contributed by atoms with Crippen LogP contribution in [0.25, 0.3) is 16.2 Å². The third-order valence-corrected chi connectivity index (χ3v) is 6.09. The molecule has 1 saturated heterocycles. The van der Waals surface area contributed by atoms with Gasteiger partial charge in [0.05, 0.1) is 16.8 Å². The molecule has 0 spiro atoms. The van der Waals surface area contributed by atoms with Gasteiger partial charge in [-0.05, 0) is 50.6 Å². The van der Waals surface area contributed by atoms with Crippen molar-refractivity contribution in [2.45, 2.75) is 51.4 Å². The molecule has 1 fully saturated rings. The standard InChI is InChI=1S/C19H19F3N4OS/c1-11-5-3-6-12(2)25(11)18(27)13-10-23-26-16(19(20,21)22)9-14(24-17(13)26)15-7-4-8-28-15/h4,7-12H,3,5-6H2,1-2H3/t11-,12+. The Labute approximate surface area is 163 Å². The topological polar surface area (TPSA) is 50.5 Å². The van der Waals surface area contributed by atoms with Gasteiger partial charge in [0.25, 0.3) is 5.91 Å². The summed E-state index contributed by atoms with van der Waals surface area (Å²) in [6.45, 7) is 3.93. The minimum absolute atomic E-state index is 0.0220. The van der Waals surface area contributed by atoms with Crippen LogP contribution in [0.5, 0.6) is 0 Å². The van der Waals surface area contributed by atoms with Gasteiger partial charge in [-0.1, -0.05) is 6.07 Å². The van der Waals surface area contributed by atoms with Crippen molar-refractivity contribution in [2.24, 2.45) is 0 Å². The maximum absolute atomic E-state index is 13.6. The first-order valence-corrected chi connectivity index (χ1v) is 9.98. The summed E-state index contributed by atoms with van der Waals surface area (Å²) in [5.74, 6) is -0.321. The van der Waals surface area contributed by atoms with Crippen LogP contribution in [0.1, 0.15) is 49.2 Å². The zero-order valence-electron chi connectivity index (χ0n) is 15.4. The molecule has 0 aliphatic carbocycles. The van der Waals surface area contributed by atoms with Crippen LogP contribution in [0.3, 0.4) is 0 Å². The molecule has 9 heteroatoms. The molecular weight excluding hydrogens is 389 g/mol. The van der Waals surface area contributed by atoms with E-state index in [4.69, 9.17) is 0 Å².